The van der Waals surface area contributed by atoms with Gasteiger partial charge in [0.2, 0.25) is 12.7 Å². The van der Waals surface area contributed by atoms with Crippen LogP contribution in [-0.4, -0.2) is 22.3 Å². The molecule has 132 valence electrons. The lowest BCUT2D eigenvalue weighted by Crippen LogP contribution is -2.36. The van der Waals surface area contributed by atoms with Crippen molar-refractivity contribution in [2.45, 2.75) is 13.0 Å². The van der Waals surface area contributed by atoms with Crippen molar-refractivity contribution in [1.82, 2.24) is 9.55 Å². The summed E-state index contributed by atoms with van der Waals surface area (Å²) in [6.45, 7) is 0.135. The largest absolute Gasteiger partial charge is 0.454 e. The molecule has 0 saturated heterocycles. The predicted molar refractivity (Wildman–Crippen MR) is 94.6 cm³/mol. The Morgan fingerprint density at radius 2 is 1.92 bits per heavy atom. The van der Waals surface area contributed by atoms with Gasteiger partial charge in [-0.1, -0.05) is 12.1 Å². The van der Waals surface area contributed by atoms with Crippen molar-refractivity contribution in [1.29, 1.82) is 0 Å². The number of anilines is 1. The zero-order valence-electron chi connectivity index (χ0n) is 13.7. The topological polar surface area (TPSA) is 102 Å². The Morgan fingerprint density at radius 3 is 2.81 bits per heavy atom. The molecule has 3 aromatic rings. The molecule has 4 rings (SSSR count). The summed E-state index contributed by atoms with van der Waals surface area (Å²) in [4.78, 5) is 39.3. The highest BCUT2D eigenvalue weighted by Gasteiger charge is 2.14. The Balaban J connectivity index is 1.49. The van der Waals surface area contributed by atoms with Gasteiger partial charge in [-0.15, -0.1) is 0 Å². The molecule has 0 aliphatic carbocycles. The molecule has 0 atom stereocenters. The van der Waals surface area contributed by atoms with E-state index in [4.69, 9.17) is 9.47 Å². The highest BCUT2D eigenvalue weighted by Crippen LogP contribution is 2.34. The number of aromatic nitrogens is 2. The quantitative estimate of drug-likeness (QED) is 0.739. The molecule has 2 heterocycles. The minimum atomic E-state index is -0.537. The molecule has 1 aliphatic rings. The number of hydrogen-bond donors (Lipinski definition) is 2. The summed E-state index contributed by atoms with van der Waals surface area (Å²) in [5, 5.41) is 3.12. The Bertz CT molecular complexity index is 1120. The van der Waals surface area contributed by atoms with E-state index < -0.39 is 11.2 Å². The van der Waals surface area contributed by atoms with Gasteiger partial charge in [-0.05, 0) is 24.3 Å². The molecular weight excluding hydrogens is 338 g/mol. The Kier molecular flexibility index (Phi) is 3.92. The molecule has 2 N–H and O–H groups in total. The van der Waals surface area contributed by atoms with Crippen molar-refractivity contribution >= 4 is 22.5 Å². The van der Waals surface area contributed by atoms with E-state index in [2.05, 4.69) is 10.3 Å². The number of aromatic amines is 1. The molecule has 0 unspecified atom stereocenters. The summed E-state index contributed by atoms with van der Waals surface area (Å²) in [5.74, 6) is 0.866. The molecule has 0 radical (unpaired) electrons. The molecular formula is C18H15N3O5. The van der Waals surface area contributed by atoms with Crippen molar-refractivity contribution in [3.63, 3.8) is 0 Å². The van der Waals surface area contributed by atoms with Gasteiger partial charge in [0.25, 0.3) is 5.56 Å². The molecule has 2 aromatic carbocycles. The third-order valence-electron chi connectivity index (χ3n) is 4.11. The molecule has 1 aromatic heterocycles. The van der Waals surface area contributed by atoms with Gasteiger partial charge in [0.15, 0.2) is 11.5 Å². The van der Waals surface area contributed by atoms with Crippen LogP contribution in [0.3, 0.4) is 0 Å². The highest BCUT2D eigenvalue weighted by molar-refractivity contribution is 5.91. The van der Waals surface area contributed by atoms with Gasteiger partial charge in [0.05, 0.1) is 10.9 Å². The number of H-pyrrole nitrogens is 1. The number of para-hydroxylation sites is 1. The van der Waals surface area contributed by atoms with Crippen LogP contribution in [0.5, 0.6) is 11.5 Å². The summed E-state index contributed by atoms with van der Waals surface area (Å²) < 4.78 is 11.5. The maximum absolute atomic E-state index is 12.4. The second-order valence-corrected chi connectivity index (χ2v) is 5.80. The first kappa shape index (κ1) is 15.9. The average molecular weight is 353 g/mol. The van der Waals surface area contributed by atoms with E-state index in [-0.39, 0.29) is 25.7 Å². The SMILES string of the molecule is O=C(CCn1c(=O)[nH]c2ccccc2c1=O)Nc1ccc2c(c1)OCO2. The molecule has 1 aliphatic heterocycles. The Labute approximate surface area is 147 Å². The number of rotatable bonds is 4. The van der Waals surface area contributed by atoms with Gasteiger partial charge >= 0.3 is 5.69 Å². The third kappa shape index (κ3) is 2.92. The van der Waals surface area contributed by atoms with E-state index in [1.807, 2.05) is 0 Å². The zero-order valence-corrected chi connectivity index (χ0v) is 13.7. The number of carbonyl (C=O) groups excluding carboxylic acids is 1. The fourth-order valence-electron chi connectivity index (χ4n) is 2.81. The molecule has 1 amide bonds. The Morgan fingerprint density at radius 1 is 1.12 bits per heavy atom. The van der Waals surface area contributed by atoms with Gasteiger partial charge in [0, 0.05) is 24.7 Å². The maximum Gasteiger partial charge on any atom is 0.328 e. The number of hydrogen-bond acceptors (Lipinski definition) is 5. The number of nitrogens with one attached hydrogen (secondary N) is 2. The first-order chi connectivity index (χ1) is 12.6. The van der Waals surface area contributed by atoms with Gasteiger partial charge in [0.1, 0.15) is 0 Å². The van der Waals surface area contributed by atoms with Crippen LogP contribution in [-0.2, 0) is 11.3 Å². The van der Waals surface area contributed by atoms with Crippen LogP contribution in [0.15, 0.2) is 52.1 Å². The van der Waals surface area contributed by atoms with E-state index in [1.54, 1.807) is 42.5 Å². The lowest BCUT2D eigenvalue weighted by Gasteiger charge is -2.08. The predicted octanol–water partition coefficient (Wildman–Crippen LogP) is 1.45. The standard InChI is InChI=1S/C18H15N3O5/c22-16(19-11-5-6-14-15(9-11)26-10-25-14)7-8-21-17(23)12-3-1-2-4-13(12)20-18(21)24/h1-6,9H,7-8,10H2,(H,19,22)(H,20,24). The Hall–Kier alpha value is -3.55. The number of benzene rings is 2. The van der Waals surface area contributed by atoms with Crippen molar-refractivity contribution in [2.24, 2.45) is 0 Å². The summed E-state index contributed by atoms with van der Waals surface area (Å²) in [6.07, 6.45) is -0.0181. The minimum absolute atomic E-state index is 0.0181. The van der Waals surface area contributed by atoms with Crippen molar-refractivity contribution in [3.8, 4) is 11.5 Å². The molecule has 0 saturated carbocycles. The average Bonchev–Trinajstić information content (AvgIpc) is 3.09. The van der Waals surface area contributed by atoms with Crippen LogP contribution >= 0.6 is 0 Å². The number of carbonyl (C=O) groups is 1. The molecule has 0 bridgehead atoms. The molecule has 0 spiro atoms. The third-order valence-corrected chi connectivity index (χ3v) is 4.11. The number of nitrogens with zero attached hydrogens (tertiary/aromatic N) is 1. The van der Waals surface area contributed by atoms with Gasteiger partial charge in [-0.2, -0.15) is 0 Å². The summed E-state index contributed by atoms with van der Waals surface area (Å²) in [5.41, 5.74) is 0.0763. The van der Waals surface area contributed by atoms with Crippen LogP contribution in [0, 0.1) is 0 Å². The minimum Gasteiger partial charge on any atom is -0.454 e. The summed E-state index contributed by atoms with van der Waals surface area (Å²) in [7, 11) is 0. The summed E-state index contributed by atoms with van der Waals surface area (Å²) >= 11 is 0. The van der Waals surface area contributed by atoms with E-state index >= 15 is 0 Å². The van der Waals surface area contributed by atoms with E-state index in [0.29, 0.717) is 28.1 Å². The normalized spacial score (nSPS) is 12.3. The van der Waals surface area contributed by atoms with E-state index in [1.165, 1.54) is 0 Å². The van der Waals surface area contributed by atoms with Gasteiger partial charge in [-0.25, -0.2) is 4.79 Å². The number of amides is 1. The van der Waals surface area contributed by atoms with Gasteiger partial charge in [-0.3, -0.25) is 14.2 Å². The summed E-state index contributed by atoms with van der Waals surface area (Å²) in [6, 6.07) is 11.8. The van der Waals surface area contributed by atoms with Crippen LogP contribution in [0.4, 0.5) is 5.69 Å². The zero-order chi connectivity index (χ0) is 18.1. The van der Waals surface area contributed by atoms with E-state index in [0.717, 1.165) is 4.57 Å². The second-order valence-electron chi connectivity index (χ2n) is 5.80. The fraction of sp³-hybridized carbons (Fsp3) is 0.167. The number of ether oxygens (including phenoxy) is 2. The smallest absolute Gasteiger partial charge is 0.328 e. The molecule has 8 nitrogen and oxygen atoms in total. The van der Waals surface area contributed by atoms with Crippen molar-refractivity contribution < 1.29 is 14.3 Å². The molecule has 0 fully saturated rings. The second kappa shape index (κ2) is 6.40. The van der Waals surface area contributed by atoms with Crippen molar-refractivity contribution in [2.75, 3.05) is 12.1 Å². The van der Waals surface area contributed by atoms with Crippen LogP contribution in [0.2, 0.25) is 0 Å². The van der Waals surface area contributed by atoms with Crippen LogP contribution < -0.4 is 26.0 Å². The monoisotopic (exact) mass is 353 g/mol. The maximum atomic E-state index is 12.4. The van der Waals surface area contributed by atoms with Crippen LogP contribution in [0.25, 0.3) is 10.9 Å². The molecule has 8 heteroatoms. The highest BCUT2D eigenvalue weighted by atomic mass is 16.7. The van der Waals surface area contributed by atoms with Gasteiger partial charge < -0.3 is 19.8 Å². The first-order valence-corrected chi connectivity index (χ1v) is 8.03. The fourth-order valence-corrected chi connectivity index (χ4v) is 2.81. The first-order valence-electron chi connectivity index (χ1n) is 8.03. The molecule has 26 heavy (non-hydrogen) atoms. The van der Waals surface area contributed by atoms with Crippen molar-refractivity contribution in [3.05, 3.63) is 63.3 Å². The number of fused-ring (bicyclic) bond motifs is 2. The van der Waals surface area contributed by atoms with E-state index in [9.17, 15) is 14.4 Å². The lowest BCUT2D eigenvalue weighted by molar-refractivity contribution is -0.116. The van der Waals surface area contributed by atoms with Crippen LogP contribution in [0.1, 0.15) is 6.42 Å². The lowest BCUT2D eigenvalue weighted by atomic mass is 10.2.